The predicted octanol–water partition coefficient (Wildman–Crippen LogP) is 6.12. The van der Waals surface area contributed by atoms with Crippen molar-refractivity contribution in [3.8, 4) is 23.7 Å². The molecular weight excluding hydrogens is 506 g/mol. The van der Waals surface area contributed by atoms with Crippen molar-refractivity contribution >= 4 is 5.97 Å². The highest BCUT2D eigenvalue weighted by atomic mass is 16.7. The highest BCUT2D eigenvalue weighted by Crippen LogP contribution is 2.09. The van der Waals surface area contributed by atoms with Gasteiger partial charge in [-0.05, 0) is 64.5 Å². The van der Waals surface area contributed by atoms with Gasteiger partial charge in [0, 0.05) is 52.4 Å². The number of methoxy groups -OCH3 is 1. The quantitative estimate of drug-likeness (QED) is 0.0557. The molecule has 0 rings (SSSR count). The minimum atomic E-state index is -0.450. The summed E-state index contributed by atoms with van der Waals surface area (Å²) >= 11 is 0. The van der Waals surface area contributed by atoms with Crippen LogP contribution in [0.2, 0.25) is 0 Å². The van der Waals surface area contributed by atoms with E-state index in [1.807, 2.05) is 0 Å². The molecule has 1 N–H and O–H groups in total. The largest absolute Gasteiger partial charge is 0.466 e. The molecule has 0 saturated heterocycles. The minimum Gasteiger partial charge on any atom is -0.466 e. The lowest BCUT2D eigenvalue weighted by Crippen LogP contribution is -2.29. The summed E-state index contributed by atoms with van der Waals surface area (Å²) in [5.74, 6) is 12.4. The molecule has 0 atom stereocenters. The third-order valence-electron chi connectivity index (χ3n) is 6.33. The van der Waals surface area contributed by atoms with Crippen molar-refractivity contribution in [3.05, 3.63) is 0 Å². The van der Waals surface area contributed by atoms with Crippen molar-refractivity contribution in [2.75, 3.05) is 59.8 Å². The average Bonchev–Trinajstić information content (AvgIpc) is 2.95. The number of hydrogen-bond donors (Lipinski definition) is 1. The maximum Gasteiger partial charge on any atom is 0.305 e. The summed E-state index contributed by atoms with van der Waals surface area (Å²) in [4.78, 5) is 14.6. The van der Waals surface area contributed by atoms with E-state index in [9.17, 15) is 9.90 Å². The maximum atomic E-state index is 12.3. The zero-order chi connectivity index (χ0) is 29.4. The molecule has 0 heterocycles. The first kappa shape index (κ1) is 38.4. The average molecular weight is 566 g/mol. The first-order valence-electron chi connectivity index (χ1n) is 15.8. The molecule has 0 aromatic rings. The van der Waals surface area contributed by atoms with Crippen LogP contribution in [0.4, 0.5) is 0 Å². The van der Waals surface area contributed by atoms with E-state index in [2.05, 4.69) is 42.4 Å². The van der Waals surface area contributed by atoms with Crippen LogP contribution in [0.3, 0.4) is 0 Å². The molecule has 0 spiro atoms. The Morgan fingerprint density at radius 3 is 1.77 bits per heavy atom. The normalized spacial score (nSPS) is 10.8. The van der Waals surface area contributed by atoms with Gasteiger partial charge in [0.05, 0.1) is 32.8 Å². The zero-order valence-electron chi connectivity index (χ0n) is 26.0. The molecule has 0 aromatic carbocycles. The Kier molecular flexibility index (Phi) is 30.6. The van der Waals surface area contributed by atoms with Gasteiger partial charge in [0.1, 0.15) is 0 Å². The van der Waals surface area contributed by atoms with Gasteiger partial charge in [0.2, 0.25) is 0 Å². The molecule has 0 amide bonds. The van der Waals surface area contributed by atoms with Crippen molar-refractivity contribution < 1.29 is 28.8 Å². The molecule has 40 heavy (non-hydrogen) atoms. The van der Waals surface area contributed by atoms with Crippen LogP contribution in [0.5, 0.6) is 0 Å². The molecule has 7 heteroatoms. The minimum absolute atomic E-state index is 0.183. The second-order valence-electron chi connectivity index (χ2n) is 10.0. The van der Waals surface area contributed by atoms with Crippen LogP contribution in [0, 0.1) is 23.7 Å². The summed E-state index contributed by atoms with van der Waals surface area (Å²) in [6.45, 7) is 9.39. The number of esters is 1. The topological polar surface area (TPSA) is 77.5 Å². The fourth-order valence-electron chi connectivity index (χ4n) is 3.93. The van der Waals surface area contributed by atoms with E-state index >= 15 is 0 Å². The van der Waals surface area contributed by atoms with Crippen LogP contribution >= 0.6 is 0 Å². The highest BCUT2D eigenvalue weighted by molar-refractivity contribution is 5.69. The molecule has 0 radical (unpaired) electrons. The van der Waals surface area contributed by atoms with Gasteiger partial charge in [-0.3, -0.25) is 4.79 Å². The number of ether oxygens (including phenoxy) is 4. The number of nitrogens with zero attached hydrogens (tertiary/aromatic N) is 1. The fourth-order valence-corrected chi connectivity index (χ4v) is 3.93. The lowest BCUT2D eigenvalue weighted by atomic mass is 10.2. The monoisotopic (exact) mass is 565 g/mol. The highest BCUT2D eigenvalue weighted by Gasteiger charge is 2.13. The van der Waals surface area contributed by atoms with Gasteiger partial charge >= 0.3 is 5.97 Å². The van der Waals surface area contributed by atoms with Crippen LogP contribution in [0.1, 0.15) is 117 Å². The Bertz CT molecular complexity index is 646. The standard InChI is InChI=1S/C33H59NO6/c1-4-6-8-10-12-19-30-39-33(40-31-20-13-11-9-7-5-2)23-22-32(36)38-29-21-15-17-25-34(26-27-35)24-16-14-18-28-37-3/h33,35H,4-9,14-31H2,1-3H3. The van der Waals surface area contributed by atoms with Gasteiger partial charge in [0.25, 0.3) is 0 Å². The second kappa shape index (κ2) is 31.9. The van der Waals surface area contributed by atoms with E-state index in [1.165, 1.54) is 0 Å². The van der Waals surface area contributed by atoms with Gasteiger partial charge in [-0.15, -0.1) is 23.7 Å². The van der Waals surface area contributed by atoms with E-state index in [-0.39, 0.29) is 19.0 Å². The van der Waals surface area contributed by atoms with Crippen LogP contribution in [-0.2, 0) is 23.7 Å². The van der Waals surface area contributed by atoms with Gasteiger partial charge in [-0.1, -0.05) is 26.7 Å². The molecular formula is C33H59NO6. The molecule has 7 nitrogen and oxygen atoms in total. The van der Waals surface area contributed by atoms with Gasteiger partial charge in [0.15, 0.2) is 6.29 Å². The SMILES string of the molecule is CCCCC#CCCOC(CCC(=O)OCCCCCN(CCO)CCCCCOC)OCCC#CCCCC. The molecule has 0 aliphatic carbocycles. The number of hydrogen-bond acceptors (Lipinski definition) is 7. The Morgan fingerprint density at radius 1 is 0.700 bits per heavy atom. The van der Waals surface area contributed by atoms with Gasteiger partial charge in [-0.2, -0.15) is 0 Å². The summed E-state index contributed by atoms with van der Waals surface area (Å²) in [6, 6.07) is 0. The third-order valence-corrected chi connectivity index (χ3v) is 6.33. The Hall–Kier alpha value is -1.61. The summed E-state index contributed by atoms with van der Waals surface area (Å²) in [6.07, 6.45) is 14.2. The van der Waals surface area contributed by atoms with Crippen LogP contribution in [-0.4, -0.2) is 82.0 Å². The summed E-state index contributed by atoms with van der Waals surface area (Å²) in [5.41, 5.74) is 0. The van der Waals surface area contributed by atoms with Gasteiger partial charge < -0.3 is 29.0 Å². The van der Waals surface area contributed by atoms with E-state index < -0.39 is 6.29 Å². The first-order chi connectivity index (χ1) is 19.7. The smallest absolute Gasteiger partial charge is 0.305 e. The Labute approximate surface area is 246 Å². The van der Waals surface area contributed by atoms with Crippen molar-refractivity contribution in [2.24, 2.45) is 0 Å². The van der Waals surface area contributed by atoms with E-state index in [0.29, 0.717) is 45.6 Å². The van der Waals surface area contributed by atoms with E-state index in [1.54, 1.807) is 7.11 Å². The molecule has 0 bridgehead atoms. The number of unbranched alkanes of at least 4 members (excludes halogenated alkanes) is 8. The summed E-state index contributed by atoms with van der Waals surface area (Å²) in [5, 5.41) is 9.32. The number of rotatable bonds is 27. The Balaban J connectivity index is 4.21. The number of carbonyl (C=O) groups is 1. The number of aliphatic hydroxyl groups excluding tert-OH is 1. The van der Waals surface area contributed by atoms with Gasteiger partial charge in [-0.25, -0.2) is 0 Å². The Morgan fingerprint density at radius 2 is 1.25 bits per heavy atom. The molecule has 0 aromatic heterocycles. The van der Waals surface area contributed by atoms with Crippen molar-refractivity contribution in [2.45, 2.75) is 123 Å². The zero-order valence-corrected chi connectivity index (χ0v) is 26.0. The van der Waals surface area contributed by atoms with Crippen LogP contribution in [0.15, 0.2) is 0 Å². The molecule has 232 valence electrons. The van der Waals surface area contributed by atoms with E-state index in [0.717, 1.165) is 96.7 Å². The third kappa shape index (κ3) is 27.9. The summed E-state index contributed by atoms with van der Waals surface area (Å²) in [7, 11) is 1.73. The lowest BCUT2D eigenvalue weighted by molar-refractivity contribution is -0.157. The van der Waals surface area contributed by atoms with Crippen LogP contribution in [0.25, 0.3) is 0 Å². The molecule has 0 fully saturated rings. The second-order valence-corrected chi connectivity index (χ2v) is 10.0. The van der Waals surface area contributed by atoms with Crippen molar-refractivity contribution in [3.63, 3.8) is 0 Å². The van der Waals surface area contributed by atoms with Crippen molar-refractivity contribution in [1.82, 2.24) is 4.90 Å². The molecule has 0 aliphatic heterocycles. The molecule has 0 unspecified atom stereocenters. The number of aliphatic hydroxyl groups is 1. The first-order valence-corrected chi connectivity index (χ1v) is 15.8. The van der Waals surface area contributed by atoms with Crippen LogP contribution < -0.4 is 0 Å². The van der Waals surface area contributed by atoms with E-state index in [4.69, 9.17) is 18.9 Å². The van der Waals surface area contributed by atoms with Crippen molar-refractivity contribution in [1.29, 1.82) is 0 Å². The maximum absolute atomic E-state index is 12.3. The lowest BCUT2D eigenvalue weighted by Gasteiger charge is -2.21. The molecule has 0 aliphatic rings. The molecule has 0 saturated carbocycles. The summed E-state index contributed by atoms with van der Waals surface area (Å²) < 4.78 is 22.3. The number of carbonyl (C=O) groups excluding carboxylic acids is 1. The predicted molar refractivity (Wildman–Crippen MR) is 163 cm³/mol. The fraction of sp³-hybridized carbons (Fsp3) is 0.848.